The molecule has 15 heavy (non-hydrogen) atoms. The summed E-state index contributed by atoms with van der Waals surface area (Å²) >= 11 is 1.24. The second-order valence-corrected chi connectivity index (χ2v) is 4.51. The van der Waals surface area contributed by atoms with Crippen molar-refractivity contribution in [3.63, 3.8) is 0 Å². The van der Waals surface area contributed by atoms with Gasteiger partial charge in [0.25, 0.3) is 0 Å². The molecule has 3 nitrogen and oxygen atoms in total. The van der Waals surface area contributed by atoms with E-state index in [1.54, 1.807) is 0 Å². The molecule has 0 aliphatic carbocycles. The first-order valence-electron chi connectivity index (χ1n) is 4.75. The summed E-state index contributed by atoms with van der Waals surface area (Å²) in [6.07, 6.45) is 0. The molecule has 1 heterocycles. The third kappa shape index (κ3) is 1.85. The number of nitrogen functional groups attached to an aromatic ring is 1. The van der Waals surface area contributed by atoms with Gasteiger partial charge in [-0.3, -0.25) is 0 Å². The van der Waals surface area contributed by atoms with Crippen LogP contribution in [0.25, 0.3) is 11.4 Å². The number of rotatable bonds is 1. The third-order valence-electron chi connectivity index (χ3n) is 2.34. The van der Waals surface area contributed by atoms with Crippen molar-refractivity contribution in [1.29, 1.82) is 0 Å². The maximum atomic E-state index is 5.59. The first-order chi connectivity index (χ1) is 7.08. The van der Waals surface area contributed by atoms with Crippen LogP contribution in [0.15, 0.2) is 12.1 Å². The van der Waals surface area contributed by atoms with Crippen molar-refractivity contribution in [1.82, 2.24) is 9.36 Å². The van der Waals surface area contributed by atoms with E-state index in [-0.39, 0.29) is 0 Å². The smallest absolute Gasteiger partial charge is 0.200 e. The highest BCUT2D eigenvalue weighted by molar-refractivity contribution is 7.09. The first-order valence-corrected chi connectivity index (χ1v) is 5.52. The molecule has 0 fully saturated rings. The van der Waals surface area contributed by atoms with Crippen LogP contribution in [-0.2, 0) is 0 Å². The van der Waals surface area contributed by atoms with E-state index in [1.165, 1.54) is 28.2 Å². The number of hydrogen-bond acceptors (Lipinski definition) is 4. The number of nitrogens with zero attached hydrogens (tertiary/aromatic N) is 2. The summed E-state index contributed by atoms with van der Waals surface area (Å²) in [4.78, 5) is 4.22. The molecule has 0 unspecified atom stereocenters. The number of benzene rings is 1. The summed E-state index contributed by atoms with van der Waals surface area (Å²) < 4.78 is 4.24. The van der Waals surface area contributed by atoms with Crippen molar-refractivity contribution >= 4 is 16.7 Å². The van der Waals surface area contributed by atoms with E-state index in [0.29, 0.717) is 5.13 Å². The summed E-state index contributed by atoms with van der Waals surface area (Å²) in [6, 6.07) is 4.28. The lowest BCUT2D eigenvalue weighted by Crippen LogP contribution is -1.92. The van der Waals surface area contributed by atoms with Crippen LogP contribution >= 0.6 is 11.5 Å². The summed E-state index contributed by atoms with van der Waals surface area (Å²) in [5.74, 6) is 0.743. The van der Waals surface area contributed by atoms with Crippen LogP contribution in [0.1, 0.15) is 16.7 Å². The predicted octanol–water partition coefficient (Wildman–Crippen LogP) is 2.71. The fourth-order valence-electron chi connectivity index (χ4n) is 1.87. The van der Waals surface area contributed by atoms with Crippen molar-refractivity contribution in [3.05, 3.63) is 28.8 Å². The van der Waals surface area contributed by atoms with Crippen LogP contribution in [0.2, 0.25) is 0 Å². The van der Waals surface area contributed by atoms with Crippen molar-refractivity contribution in [2.75, 3.05) is 5.73 Å². The fourth-order valence-corrected chi connectivity index (χ4v) is 2.31. The number of nitrogens with two attached hydrogens (primary N) is 1. The molecule has 4 heteroatoms. The van der Waals surface area contributed by atoms with E-state index in [9.17, 15) is 0 Å². The highest BCUT2D eigenvalue weighted by Crippen LogP contribution is 2.27. The number of hydrogen-bond donors (Lipinski definition) is 1. The highest BCUT2D eigenvalue weighted by atomic mass is 32.1. The molecule has 0 bridgehead atoms. The molecule has 1 aromatic heterocycles. The minimum atomic E-state index is 0.518. The SMILES string of the molecule is Cc1cc(C)c(-c2nsc(N)n2)c(C)c1. The van der Waals surface area contributed by atoms with Gasteiger partial charge in [0.2, 0.25) is 0 Å². The van der Waals surface area contributed by atoms with E-state index in [1.807, 2.05) is 0 Å². The number of aromatic nitrogens is 2. The van der Waals surface area contributed by atoms with Crippen LogP contribution < -0.4 is 5.73 Å². The van der Waals surface area contributed by atoms with Gasteiger partial charge in [-0.2, -0.15) is 9.36 Å². The summed E-state index contributed by atoms with van der Waals surface area (Å²) in [6.45, 7) is 6.24. The van der Waals surface area contributed by atoms with E-state index >= 15 is 0 Å². The van der Waals surface area contributed by atoms with E-state index in [0.717, 1.165) is 11.4 Å². The topological polar surface area (TPSA) is 51.8 Å². The van der Waals surface area contributed by atoms with Crippen LogP contribution in [-0.4, -0.2) is 9.36 Å². The average Bonchev–Trinajstić information content (AvgIpc) is 2.49. The molecule has 0 spiro atoms. The second-order valence-electron chi connectivity index (χ2n) is 3.73. The maximum Gasteiger partial charge on any atom is 0.200 e. The maximum absolute atomic E-state index is 5.59. The monoisotopic (exact) mass is 219 g/mol. The molecule has 0 aliphatic rings. The zero-order chi connectivity index (χ0) is 11.0. The van der Waals surface area contributed by atoms with Gasteiger partial charge < -0.3 is 5.73 Å². The molecule has 2 rings (SSSR count). The Kier molecular flexibility index (Phi) is 2.44. The molecule has 0 atom stereocenters. The predicted molar refractivity (Wildman–Crippen MR) is 64.0 cm³/mol. The van der Waals surface area contributed by atoms with E-state index < -0.39 is 0 Å². The second kappa shape index (κ2) is 3.62. The first kappa shape index (κ1) is 10.1. The normalized spacial score (nSPS) is 10.6. The van der Waals surface area contributed by atoms with Crippen molar-refractivity contribution in [3.8, 4) is 11.4 Å². The standard InChI is InChI=1S/C11H13N3S/c1-6-4-7(2)9(8(3)5-6)10-13-11(12)15-14-10/h4-5H,1-3H3,(H2,12,13,14). The zero-order valence-electron chi connectivity index (χ0n) is 9.03. The van der Waals surface area contributed by atoms with Crippen molar-refractivity contribution < 1.29 is 0 Å². The molecule has 78 valence electrons. The minimum absolute atomic E-state index is 0.518. The van der Waals surface area contributed by atoms with E-state index in [2.05, 4.69) is 42.3 Å². The molecule has 0 saturated heterocycles. The number of aryl methyl sites for hydroxylation is 3. The molecule has 0 radical (unpaired) electrons. The van der Waals surface area contributed by atoms with Gasteiger partial charge in [0.1, 0.15) is 0 Å². The van der Waals surface area contributed by atoms with Gasteiger partial charge in [-0.15, -0.1) is 0 Å². The van der Waals surface area contributed by atoms with Crippen LogP contribution in [0.3, 0.4) is 0 Å². The molecule has 2 N–H and O–H groups in total. The molecular weight excluding hydrogens is 206 g/mol. The van der Waals surface area contributed by atoms with Gasteiger partial charge in [-0.05, 0) is 31.9 Å². The van der Waals surface area contributed by atoms with Gasteiger partial charge in [0, 0.05) is 17.1 Å². The zero-order valence-corrected chi connectivity index (χ0v) is 9.85. The average molecular weight is 219 g/mol. The lowest BCUT2D eigenvalue weighted by Gasteiger charge is -2.07. The molecule has 0 aliphatic heterocycles. The van der Waals surface area contributed by atoms with E-state index in [4.69, 9.17) is 5.73 Å². The molecule has 0 saturated carbocycles. The Morgan fingerprint density at radius 3 is 2.20 bits per heavy atom. The molecule has 1 aromatic carbocycles. The Morgan fingerprint density at radius 1 is 1.13 bits per heavy atom. The highest BCUT2D eigenvalue weighted by Gasteiger charge is 2.10. The van der Waals surface area contributed by atoms with Crippen LogP contribution in [0.5, 0.6) is 0 Å². The van der Waals surface area contributed by atoms with Crippen LogP contribution in [0.4, 0.5) is 5.13 Å². The fraction of sp³-hybridized carbons (Fsp3) is 0.273. The van der Waals surface area contributed by atoms with Crippen LogP contribution in [0, 0.1) is 20.8 Å². The van der Waals surface area contributed by atoms with Crippen molar-refractivity contribution in [2.45, 2.75) is 20.8 Å². The Bertz CT molecular complexity index is 479. The number of anilines is 1. The third-order valence-corrected chi connectivity index (χ3v) is 2.88. The van der Waals surface area contributed by atoms with Crippen molar-refractivity contribution in [2.24, 2.45) is 0 Å². The van der Waals surface area contributed by atoms with Gasteiger partial charge in [0.05, 0.1) is 0 Å². The van der Waals surface area contributed by atoms with Gasteiger partial charge >= 0.3 is 0 Å². The van der Waals surface area contributed by atoms with Gasteiger partial charge in [0.15, 0.2) is 11.0 Å². The summed E-state index contributed by atoms with van der Waals surface area (Å²) in [5.41, 5.74) is 10.4. The minimum Gasteiger partial charge on any atom is -0.374 e. The van der Waals surface area contributed by atoms with Gasteiger partial charge in [-0.25, -0.2) is 0 Å². The molecule has 0 amide bonds. The lowest BCUT2D eigenvalue weighted by atomic mass is 9.99. The molecule has 2 aromatic rings. The Labute approximate surface area is 93.1 Å². The Morgan fingerprint density at radius 2 is 1.73 bits per heavy atom. The Balaban J connectivity index is 2.62. The lowest BCUT2D eigenvalue weighted by molar-refractivity contribution is 1.25. The van der Waals surface area contributed by atoms with Gasteiger partial charge in [-0.1, -0.05) is 17.7 Å². The quantitative estimate of drug-likeness (QED) is 0.802. The summed E-state index contributed by atoms with van der Waals surface area (Å²) in [5, 5.41) is 0.518. The molecular formula is C11H13N3S. The Hall–Kier alpha value is -1.42. The summed E-state index contributed by atoms with van der Waals surface area (Å²) in [7, 11) is 0. The largest absolute Gasteiger partial charge is 0.374 e.